The lowest BCUT2D eigenvalue weighted by atomic mass is 10.00. The van der Waals surface area contributed by atoms with Gasteiger partial charge in [0.1, 0.15) is 24.2 Å². The number of nitrogens with zero attached hydrogens (tertiary/aromatic N) is 1. The van der Waals surface area contributed by atoms with Crippen LogP contribution in [0.25, 0.3) is 0 Å². The zero-order valence-corrected chi connectivity index (χ0v) is 25.2. The Morgan fingerprint density at radius 3 is 2.67 bits per heavy atom. The van der Waals surface area contributed by atoms with Gasteiger partial charge in [-0.2, -0.15) is 0 Å². The van der Waals surface area contributed by atoms with Crippen LogP contribution in [0.4, 0.5) is 0 Å². The number of rotatable bonds is 16. The molecule has 4 atom stereocenters. The Kier molecular flexibility index (Phi) is 10.8. The van der Waals surface area contributed by atoms with Crippen LogP contribution in [0.1, 0.15) is 56.0 Å². The monoisotopic (exact) mass is 613 g/mol. The number of ether oxygens (including phenoxy) is 3. The first kappa shape index (κ1) is 32.0. The first-order valence-electron chi connectivity index (χ1n) is 14.4. The van der Waals surface area contributed by atoms with Crippen molar-refractivity contribution in [1.82, 2.24) is 15.5 Å². The fourth-order valence-electron chi connectivity index (χ4n) is 5.36. The smallest absolute Gasteiger partial charge is 0.332 e. The van der Waals surface area contributed by atoms with E-state index in [0.717, 1.165) is 10.6 Å². The standard InChI is InChI=1S/C30H39N5O7S/c1-3-41-27(38)16-40-18-30-13-22(29(39)34-19(2)23-12-20(17-43-23)28(31)32)35(24(30)14-30)26(37)15-33-25(36)10-7-11-42-21-8-5-4-6-9-21/h4-6,8-9,12,17,19,22,24H,3,7,10-11,13-16,18H2,1-2H3,(H3,31,32)(H,33,36)(H,34,39)/t19?,22-,24-,30+/m0/s1. The summed E-state index contributed by atoms with van der Waals surface area (Å²) in [6.07, 6.45) is 1.69. The Balaban J connectivity index is 1.33. The summed E-state index contributed by atoms with van der Waals surface area (Å²) in [6, 6.07) is 9.70. The highest BCUT2D eigenvalue weighted by Gasteiger charge is 2.67. The van der Waals surface area contributed by atoms with Crippen molar-refractivity contribution in [2.24, 2.45) is 11.1 Å². The van der Waals surface area contributed by atoms with Gasteiger partial charge < -0.3 is 35.5 Å². The molecule has 1 saturated heterocycles. The topological polar surface area (TPSA) is 173 Å². The lowest BCUT2D eigenvalue weighted by Crippen LogP contribution is -2.51. The third-order valence-corrected chi connectivity index (χ3v) is 8.75. The maximum atomic E-state index is 13.5. The number of nitrogen functional groups attached to an aromatic ring is 1. The first-order valence-corrected chi connectivity index (χ1v) is 15.2. The molecule has 0 bridgehead atoms. The number of hydrogen-bond acceptors (Lipinski definition) is 9. The predicted molar refractivity (Wildman–Crippen MR) is 160 cm³/mol. The average molecular weight is 614 g/mol. The van der Waals surface area contributed by atoms with Gasteiger partial charge in [-0.15, -0.1) is 11.3 Å². The molecule has 0 spiro atoms. The van der Waals surface area contributed by atoms with Gasteiger partial charge in [-0.25, -0.2) is 4.79 Å². The number of nitrogens with one attached hydrogen (secondary N) is 3. The Morgan fingerprint density at radius 1 is 1.21 bits per heavy atom. The minimum absolute atomic E-state index is 0.0517. The first-order chi connectivity index (χ1) is 20.6. The minimum atomic E-state index is -0.761. The Labute approximate surface area is 254 Å². The minimum Gasteiger partial charge on any atom is -0.494 e. The number of esters is 1. The van der Waals surface area contributed by atoms with Gasteiger partial charge >= 0.3 is 5.97 Å². The van der Waals surface area contributed by atoms with Crippen molar-refractivity contribution in [2.45, 2.75) is 57.7 Å². The van der Waals surface area contributed by atoms with Gasteiger partial charge in [0.15, 0.2) is 0 Å². The lowest BCUT2D eigenvalue weighted by Gasteiger charge is -2.28. The Hall–Kier alpha value is -3.97. The van der Waals surface area contributed by atoms with E-state index in [1.54, 1.807) is 23.3 Å². The SMILES string of the molecule is CCOC(=O)COC[C@@]12C[C@@H]1N(C(=O)CNC(=O)CCCOc1ccccc1)[C@H](C(=O)NC(C)c1cc(C(=N)N)cs1)C2. The molecule has 2 fully saturated rings. The molecule has 2 heterocycles. The highest BCUT2D eigenvalue weighted by Crippen LogP contribution is 2.59. The lowest BCUT2D eigenvalue weighted by molar-refractivity contribution is -0.149. The van der Waals surface area contributed by atoms with E-state index < -0.39 is 17.4 Å². The molecule has 0 radical (unpaired) electrons. The normalized spacial score (nSPS) is 20.9. The van der Waals surface area contributed by atoms with Gasteiger partial charge in [-0.05, 0) is 51.3 Å². The van der Waals surface area contributed by atoms with Crippen LogP contribution in [0, 0.1) is 10.8 Å². The van der Waals surface area contributed by atoms with Crippen LogP contribution in [0.3, 0.4) is 0 Å². The molecule has 1 unspecified atom stereocenters. The van der Waals surface area contributed by atoms with E-state index in [1.807, 2.05) is 37.3 Å². The maximum absolute atomic E-state index is 13.5. The molecule has 12 nitrogen and oxygen atoms in total. The molecule has 3 amide bonds. The van der Waals surface area contributed by atoms with Crippen molar-refractivity contribution >= 4 is 40.9 Å². The molecular weight excluding hydrogens is 574 g/mol. The molecule has 232 valence electrons. The van der Waals surface area contributed by atoms with E-state index in [-0.39, 0.29) is 68.4 Å². The molecule has 1 saturated carbocycles. The molecule has 1 aliphatic heterocycles. The number of likely N-dealkylation sites (tertiary alicyclic amines) is 1. The van der Waals surface area contributed by atoms with Gasteiger partial charge in [0.25, 0.3) is 0 Å². The second-order valence-corrected chi connectivity index (χ2v) is 11.8. The summed E-state index contributed by atoms with van der Waals surface area (Å²) in [5.41, 5.74) is 5.71. The van der Waals surface area contributed by atoms with Crippen LogP contribution in [0.5, 0.6) is 5.75 Å². The van der Waals surface area contributed by atoms with Crippen molar-refractivity contribution in [1.29, 1.82) is 5.41 Å². The molecule has 1 aromatic heterocycles. The number of nitrogens with two attached hydrogens (primary N) is 1. The maximum Gasteiger partial charge on any atom is 0.332 e. The highest BCUT2D eigenvalue weighted by molar-refractivity contribution is 7.10. The molecule has 2 aliphatic rings. The number of benzene rings is 1. The average Bonchev–Trinajstić information content (AvgIpc) is 3.31. The molecule has 1 aliphatic carbocycles. The largest absolute Gasteiger partial charge is 0.494 e. The fourth-order valence-corrected chi connectivity index (χ4v) is 6.27. The van der Waals surface area contributed by atoms with E-state index in [4.69, 9.17) is 25.4 Å². The second-order valence-electron chi connectivity index (χ2n) is 10.8. The number of amidine groups is 1. The number of amides is 3. The summed E-state index contributed by atoms with van der Waals surface area (Å²) in [6.45, 7) is 3.93. The van der Waals surface area contributed by atoms with Crippen LogP contribution in [-0.2, 0) is 28.7 Å². The van der Waals surface area contributed by atoms with E-state index >= 15 is 0 Å². The van der Waals surface area contributed by atoms with E-state index in [9.17, 15) is 19.2 Å². The summed E-state index contributed by atoms with van der Waals surface area (Å²) in [4.78, 5) is 53.5. The molecule has 4 rings (SSSR count). The Bertz CT molecular complexity index is 1320. The van der Waals surface area contributed by atoms with Crippen molar-refractivity contribution in [3.8, 4) is 5.75 Å². The van der Waals surface area contributed by atoms with Crippen molar-refractivity contribution < 1.29 is 33.4 Å². The summed E-state index contributed by atoms with van der Waals surface area (Å²) in [5, 5.41) is 15.0. The number of piperidine rings is 1. The summed E-state index contributed by atoms with van der Waals surface area (Å²) < 4.78 is 16.2. The number of para-hydroxylation sites is 1. The zero-order chi connectivity index (χ0) is 31.0. The van der Waals surface area contributed by atoms with Crippen LogP contribution >= 0.6 is 11.3 Å². The molecule has 5 N–H and O–H groups in total. The molecule has 1 aromatic carbocycles. The Morgan fingerprint density at radius 2 is 1.98 bits per heavy atom. The molecular formula is C30H39N5O7S. The zero-order valence-electron chi connectivity index (χ0n) is 24.4. The third-order valence-electron chi connectivity index (χ3n) is 7.64. The van der Waals surface area contributed by atoms with Crippen molar-refractivity contribution in [3.05, 3.63) is 52.2 Å². The number of hydrogen-bond donors (Lipinski definition) is 4. The van der Waals surface area contributed by atoms with Crippen molar-refractivity contribution in [3.63, 3.8) is 0 Å². The van der Waals surface area contributed by atoms with Crippen LogP contribution in [0.15, 0.2) is 41.8 Å². The molecule has 43 heavy (non-hydrogen) atoms. The van der Waals surface area contributed by atoms with E-state index in [1.165, 1.54) is 11.3 Å². The van der Waals surface area contributed by atoms with Crippen molar-refractivity contribution in [2.75, 3.05) is 33.0 Å². The van der Waals surface area contributed by atoms with Gasteiger partial charge in [-0.1, -0.05) is 18.2 Å². The highest BCUT2D eigenvalue weighted by atomic mass is 32.1. The summed E-state index contributed by atoms with van der Waals surface area (Å²) in [5.74, 6) is -0.751. The molecule has 2 aromatic rings. The third kappa shape index (κ3) is 8.32. The van der Waals surface area contributed by atoms with Crippen LogP contribution in [-0.4, -0.2) is 79.5 Å². The summed E-state index contributed by atoms with van der Waals surface area (Å²) in [7, 11) is 0. The van der Waals surface area contributed by atoms with Gasteiger partial charge in [-0.3, -0.25) is 19.8 Å². The number of carbonyl (C=O) groups is 4. The predicted octanol–water partition coefficient (Wildman–Crippen LogP) is 2.12. The van der Waals surface area contributed by atoms with Gasteiger partial charge in [0, 0.05) is 33.7 Å². The fraction of sp³-hybridized carbons (Fsp3) is 0.500. The van der Waals surface area contributed by atoms with E-state index in [0.29, 0.717) is 31.4 Å². The number of fused-ring (bicyclic) bond motifs is 1. The number of carbonyl (C=O) groups excluding carboxylic acids is 4. The van der Waals surface area contributed by atoms with Gasteiger partial charge in [0.2, 0.25) is 17.7 Å². The van der Waals surface area contributed by atoms with E-state index in [2.05, 4.69) is 10.6 Å². The second kappa shape index (κ2) is 14.5. The number of thiophene rings is 1. The quantitative estimate of drug-likeness (QED) is 0.0964. The molecule has 13 heteroatoms. The van der Waals surface area contributed by atoms with Gasteiger partial charge in [0.05, 0.1) is 32.4 Å². The summed E-state index contributed by atoms with van der Waals surface area (Å²) >= 11 is 1.39. The van der Waals surface area contributed by atoms with Crippen LogP contribution in [0.2, 0.25) is 0 Å². The van der Waals surface area contributed by atoms with Crippen LogP contribution < -0.4 is 21.1 Å².